The monoisotopic (exact) mass is 156 g/mol. The van der Waals surface area contributed by atoms with Crippen LogP contribution in [-0.2, 0) is 4.79 Å². The number of carboxylic acids is 1. The van der Waals surface area contributed by atoms with Crippen molar-refractivity contribution >= 4 is 5.97 Å². The molecule has 0 heterocycles. The maximum Gasteiger partial charge on any atom is 0.335 e. The molecule has 0 aromatic heterocycles. The van der Waals surface area contributed by atoms with Crippen LogP contribution in [0.2, 0.25) is 0 Å². The number of carbonyl (C=O) groups is 1. The summed E-state index contributed by atoms with van der Waals surface area (Å²) in [5.74, 6) is -2.46. The lowest BCUT2D eigenvalue weighted by Gasteiger charge is -1.95. The zero-order chi connectivity index (χ0) is 9.02. The van der Waals surface area contributed by atoms with Crippen LogP contribution >= 0.6 is 0 Å². The van der Waals surface area contributed by atoms with E-state index >= 15 is 0 Å². The smallest absolute Gasteiger partial charge is 0.335 e. The second kappa shape index (κ2) is 3.46. The van der Waals surface area contributed by atoms with Gasteiger partial charge in [-0.25, -0.2) is 4.79 Å². The molecule has 0 rings (SSSR count). The Morgan fingerprint density at radius 1 is 1.18 bits per heavy atom. The molecule has 0 aliphatic heterocycles. The van der Waals surface area contributed by atoms with Gasteiger partial charge < -0.3 is 15.3 Å². The van der Waals surface area contributed by atoms with Crippen LogP contribution in [0.3, 0.4) is 0 Å². The van der Waals surface area contributed by atoms with Crippen molar-refractivity contribution in [2.75, 3.05) is 0 Å². The van der Waals surface area contributed by atoms with Crippen molar-refractivity contribution in [2.24, 2.45) is 0 Å². The third kappa shape index (κ3) is 3.10. The highest BCUT2D eigenvalue weighted by atomic mass is 16.4. The van der Waals surface area contributed by atoms with Gasteiger partial charge in [-0.1, -0.05) is 13.2 Å². The Morgan fingerprint density at radius 2 is 1.64 bits per heavy atom. The first-order chi connectivity index (χ1) is 4.95. The van der Waals surface area contributed by atoms with Crippen molar-refractivity contribution < 1.29 is 20.1 Å². The zero-order valence-corrected chi connectivity index (χ0v) is 5.74. The van der Waals surface area contributed by atoms with E-state index in [1.165, 1.54) is 0 Å². The van der Waals surface area contributed by atoms with E-state index in [-0.39, 0.29) is 5.57 Å². The van der Waals surface area contributed by atoms with E-state index in [9.17, 15) is 4.79 Å². The standard InChI is InChI=1S/C7H8O4/c1-4(7(10)11)3-6(9)5(2)8/h3,8-9H,1-2H2,(H,10,11)/b6-3+. The fraction of sp³-hybridized carbons (Fsp3) is 0. The molecular weight excluding hydrogens is 148 g/mol. The zero-order valence-electron chi connectivity index (χ0n) is 5.74. The van der Waals surface area contributed by atoms with Gasteiger partial charge in [-0.05, 0) is 6.08 Å². The van der Waals surface area contributed by atoms with Crippen LogP contribution in [0, 0.1) is 0 Å². The van der Waals surface area contributed by atoms with Crippen LogP contribution in [0.4, 0.5) is 0 Å². The summed E-state index contributed by atoms with van der Waals surface area (Å²) in [6, 6.07) is 0. The van der Waals surface area contributed by atoms with Gasteiger partial charge in [-0.2, -0.15) is 0 Å². The van der Waals surface area contributed by atoms with Gasteiger partial charge in [0.1, 0.15) is 5.76 Å². The summed E-state index contributed by atoms with van der Waals surface area (Å²) in [5.41, 5.74) is -0.322. The Bertz CT molecular complexity index is 237. The Hall–Kier alpha value is -1.71. The first-order valence-corrected chi connectivity index (χ1v) is 2.66. The fourth-order valence-electron chi connectivity index (χ4n) is 0.310. The topological polar surface area (TPSA) is 77.8 Å². The van der Waals surface area contributed by atoms with Gasteiger partial charge in [0, 0.05) is 0 Å². The first-order valence-electron chi connectivity index (χ1n) is 2.66. The second-order valence-electron chi connectivity index (χ2n) is 1.81. The van der Waals surface area contributed by atoms with Crippen molar-refractivity contribution in [2.45, 2.75) is 0 Å². The van der Waals surface area contributed by atoms with E-state index in [1.54, 1.807) is 0 Å². The van der Waals surface area contributed by atoms with E-state index in [2.05, 4.69) is 13.2 Å². The van der Waals surface area contributed by atoms with Gasteiger partial charge in [0.05, 0.1) is 5.57 Å². The predicted molar refractivity (Wildman–Crippen MR) is 39.3 cm³/mol. The van der Waals surface area contributed by atoms with Gasteiger partial charge in [-0.3, -0.25) is 0 Å². The predicted octanol–water partition coefficient (Wildman–Crippen LogP) is 1.14. The van der Waals surface area contributed by atoms with E-state index in [0.717, 1.165) is 6.08 Å². The molecule has 0 aromatic rings. The summed E-state index contributed by atoms with van der Waals surface area (Å²) < 4.78 is 0. The molecular formula is C7H8O4. The molecule has 0 atom stereocenters. The molecule has 4 heteroatoms. The average Bonchev–Trinajstić information content (AvgIpc) is 1.87. The van der Waals surface area contributed by atoms with Crippen LogP contribution in [0.15, 0.2) is 36.3 Å². The molecule has 0 saturated carbocycles. The summed E-state index contributed by atoms with van der Waals surface area (Å²) in [6.45, 7) is 6.06. The maximum atomic E-state index is 10.1. The summed E-state index contributed by atoms with van der Waals surface area (Å²) in [7, 11) is 0. The molecule has 0 spiro atoms. The lowest BCUT2D eigenvalue weighted by atomic mass is 10.2. The molecule has 0 bridgehead atoms. The fourth-order valence-corrected chi connectivity index (χ4v) is 0.310. The molecule has 60 valence electrons. The number of carboxylic acid groups (broad SMARTS) is 1. The van der Waals surface area contributed by atoms with Crippen molar-refractivity contribution in [3.63, 3.8) is 0 Å². The number of aliphatic hydroxyl groups is 2. The third-order valence-electron chi connectivity index (χ3n) is 0.881. The van der Waals surface area contributed by atoms with Crippen LogP contribution in [0.1, 0.15) is 0 Å². The van der Waals surface area contributed by atoms with Crippen molar-refractivity contribution in [1.82, 2.24) is 0 Å². The SMILES string of the molecule is C=C(/C=C(/O)C(=C)O)C(=O)O. The van der Waals surface area contributed by atoms with Crippen molar-refractivity contribution in [1.29, 1.82) is 0 Å². The van der Waals surface area contributed by atoms with Crippen molar-refractivity contribution in [3.05, 3.63) is 36.3 Å². The lowest BCUT2D eigenvalue weighted by molar-refractivity contribution is -0.132. The van der Waals surface area contributed by atoms with Crippen LogP contribution in [0.25, 0.3) is 0 Å². The Morgan fingerprint density at radius 3 is 1.91 bits per heavy atom. The quantitative estimate of drug-likeness (QED) is 0.325. The van der Waals surface area contributed by atoms with Crippen LogP contribution in [0.5, 0.6) is 0 Å². The molecule has 0 fully saturated rings. The number of aliphatic hydroxyl groups excluding tert-OH is 2. The summed E-state index contributed by atoms with van der Waals surface area (Å²) >= 11 is 0. The molecule has 11 heavy (non-hydrogen) atoms. The molecule has 0 unspecified atom stereocenters. The Balaban J connectivity index is 4.44. The van der Waals surface area contributed by atoms with Crippen molar-refractivity contribution in [3.8, 4) is 0 Å². The van der Waals surface area contributed by atoms with Gasteiger partial charge in [0.25, 0.3) is 0 Å². The maximum absolute atomic E-state index is 10.1. The minimum atomic E-state index is -1.27. The minimum absolute atomic E-state index is 0.322. The van der Waals surface area contributed by atoms with Gasteiger partial charge in [0.15, 0.2) is 5.76 Å². The highest BCUT2D eigenvalue weighted by Crippen LogP contribution is 2.03. The van der Waals surface area contributed by atoms with E-state index in [4.69, 9.17) is 15.3 Å². The highest BCUT2D eigenvalue weighted by Gasteiger charge is 2.03. The Labute approximate surface area is 63.4 Å². The Kier molecular flexibility index (Phi) is 2.92. The first kappa shape index (κ1) is 9.29. The molecule has 0 saturated heterocycles. The minimum Gasteiger partial charge on any atom is -0.505 e. The van der Waals surface area contributed by atoms with Crippen LogP contribution in [-0.4, -0.2) is 21.3 Å². The van der Waals surface area contributed by atoms with Gasteiger partial charge in [-0.15, -0.1) is 0 Å². The molecule has 0 aliphatic carbocycles. The summed E-state index contributed by atoms with van der Waals surface area (Å²) in [5, 5.41) is 25.5. The normalized spacial score (nSPS) is 10.7. The molecule has 4 nitrogen and oxygen atoms in total. The van der Waals surface area contributed by atoms with Gasteiger partial charge in [0.2, 0.25) is 0 Å². The molecule has 0 aromatic carbocycles. The second-order valence-corrected chi connectivity index (χ2v) is 1.81. The molecule has 3 N–H and O–H groups in total. The molecule has 0 amide bonds. The molecule has 0 radical (unpaired) electrons. The number of hydrogen-bond donors (Lipinski definition) is 3. The molecule has 0 aliphatic rings. The number of rotatable bonds is 3. The third-order valence-corrected chi connectivity index (χ3v) is 0.881. The largest absolute Gasteiger partial charge is 0.505 e. The van der Waals surface area contributed by atoms with E-state index < -0.39 is 17.5 Å². The van der Waals surface area contributed by atoms with E-state index in [1.807, 2.05) is 0 Å². The lowest BCUT2D eigenvalue weighted by Crippen LogP contribution is -1.97. The van der Waals surface area contributed by atoms with E-state index in [0.29, 0.717) is 0 Å². The van der Waals surface area contributed by atoms with Gasteiger partial charge >= 0.3 is 5.97 Å². The summed E-state index contributed by atoms with van der Waals surface area (Å²) in [4.78, 5) is 10.1. The average molecular weight is 156 g/mol. The number of aliphatic carboxylic acids is 1. The highest BCUT2D eigenvalue weighted by molar-refractivity contribution is 5.89. The summed E-state index contributed by atoms with van der Waals surface area (Å²) in [6.07, 6.45) is 0.810. The number of hydrogen-bond acceptors (Lipinski definition) is 3. The van der Waals surface area contributed by atoms with Crippen LogP contribution < -0.4 is 0 Å².